The Kier molecular flexibility index (Phi) is 6.09. The Morgan fingerprint density at radius 2 is 1.71 bits per heavy atom. The van der Waals surface area contributed by atoms with E-state index >= 15 is 0 Å². The van der Waals surface area contributed by atoms with Crippen LogP contribution in [0, 0.1) is 5.92 Å². The van der Waals surface area contributed by atoms with E-state index in [1.54, 1.807) is 18.2 Å². The van der Waals surface area contributed by atoms with Crippen molar-refractivity contribution in [2.24, 2.45) is 5.92 Å². The smallest absolute Gasteiger partial charge is 0.261 e. The molecule has 5 rings (SSSR count). The number of allylic oxidation sites excluding steroid dienone is 2. The molecule has 2 aliphatic rings. The van der Waals surface area contributed by atoms with E-state index in [1.807, 2.05) is 30.3 Å². The van der Waals surface area contributed by atoms with Crippen molar-refractivity contribution >= 4 is 27.1 Å². The van der Waals surface area contributed by atoms with Crippen LogP contribution in [0.5, 0.6) is 0 Å². The van der Waals surface area contributed by atoms with Crippen LogP contribution in [0.2, 0.25) is 0 Å². The molecule has 34 heavy (non-hydrogen) atoms. The van der Waals surface area contributed by atoms with E-state index < -0.39 is 10.0 Å². The number of benzene rings is 3. The van der Waals surface area contributed by atoms with E-state index in [2.05, 4.69) is 65.2 Å². The van der Waals surface area contributed by atoms with Crippen molar-refractivity contribution in [1.82, 2.24) is 0 Å². The van der Waals surface area contributed by atoms with Gasteiger partial charge in [0.15, 0.2) is 0 Å². The van der Waals surface area contributed by atoms with E-state index in [0.29, 0.717) is 11.6 Å². The third-order valence-electron chi connectivity index (χ3n) is 7.05. The van der Waals surface area contributed by atoms with Gasteiger partial charge in [0.25, 0.3) is 10.0 Å². The molecular formula is C28H31N3O2S. The zero-order valence-electron chi connectivity index (χ0n) is 19.6. The molecule has 0 saturated carbocycles. The minimum absolute atomic E-state index is 0.183. The number of anilines is 3. The summed E-state index contributed by atoms with van der Waals surface area (Å²) >= 11 is 0. The SMILES string of the molecule is CCN(CC)c1ccc(C2Nc3ccc(S(=O)(=O)Nc4ccccc4)cc3C3C=CCC32)cc1. The maximum absolute atomic E-state index is 13.0. The summed E-state index contributed by atoms with van der Waals surface area (Å²) in [4.78, 5) is 2.64. The summed E-state index contributed by atoms with van der Waals surface area (Å²) < 4.78 is 28.8. The Hall–Kier alpha value is -3.25. The van der Waals surface area contributed by atoms with Crippen molar-refractivity contribution in [3.05, 3.63) is 96.1 Å². The summed E-state index contributed by atoms with van der Waals surface area (Å²) in [5.74, 6) is 0.544. The Morgan fingerprint density at radius 1 is 0.971 bits per heavy atom. The number of rotatable bonds is 7. The number of nitrogens with one attached hydrogen (secondary N) is 2. The normalized spacial score (nSPS) is 20.8. The average Bonchev–Trinajstić information content (AvgIpc) is 3.35. The zero-order valence-corrected chi connectivity index (χ0v) is 20.4. The highest BCUT2D eigenvalue weighted by Gasteiger charge is 2.38. The highest BCUT2D eigenvalue weighted by atomic mass is 32.2. The Morgan fingerprint density at radius 3 is 2.41 bits per heavy atom. The number of hydrogen-bond donors (Lipinski definition) is 2. The van der Waals surface area contributed by atoms with E-state index in [9.17, 15) is 8.42 Å². The molecule has 0 saturated heterocycles. The van der Waals surface area contributed by atoms with Crippen molar-refractivity contribution in [2.75, 3.05) is 28.0 Å². The fraction of sp³-hybridized carbons (Fsp3) is 0.286. The van der Waals surface area contributed by atoms with Crippen LogP contribution in [0.25, 0.3) is 0 Å². The van der Waals surface area contributed by atoms with Crippen LogP contribution in [0.1, 0.15) is 43.4 Å². The molecular weight excluding hydrogens is 442 g/mol. The molecule has 0 aromatic heterocycles. The standard InChI is InChI=1S/C28H31N3O2S/c1-3-31(4-2)22-15-13-20(14-16-22)28-25-12-8-11-24(25)26-19-23(17-18-27(26)29-28)34(32,33)30-21-9-6-5-7-10-21/h5-11,13-19,24-25,28-30H,3-4,12H2,1-2H3. The summed E-state index contributed by atoms with van der Waals surface area (Å²) in [5.41, 5.74) is 5.12. The van der Waals surface area contributed by atoms with E-state index in [0.717, 1.165) is 30.8 Å². The summed E-state index contributed by atoms with van der Waals surface area (Å²) in [7, 11) is -3.67. The highest BCUT2D eigenvalue weighted by Crippen LogP contribution is 2.50. The van der Waals surface area contributed by atoms with Crippen LogP contribution in [-0.2, 0) is 10.0 Å². The van der Waals surface area contributed by atoms with Gasteiger partial charge in [-0.05, 0) is 79.8 Å². The third-order valence-corrected chi connectivity index (χ3v) is 8.43. The van der Waals surface area contributed by atoms with Gasteiger partial charge in [0.2, 0.25) is 0 Å². The van der Waals surface area contributed by atoms with Gasteiger partial charge in [0, 0.05) is 36.1 Å². The van der Waals surface area contributed by atoms with Crippen LogP contribution in [-0.4, -0.2) is 21.5 Å². The number of para-hydroxylation sites is 1. The minimum atomic E-state index is -3.67. The van der Waals surface area contributed by atoms with Crippen LogP contribution in [0.15, 0.2) is 89.8 Å². The lowest BCUT2D eigenvalue weighted by Crippen LogP contribution is -2.29. The maximum atomic E-state index is 13.0. The van der Waals surface area contributed by atoms with E-state index in [-0.39, 0.29) is 16.9 Å². The van der Waals surface area contributed by atoms with Gasteiger partial charge in [-0.2, -0.15) is 0 Å². The van der Waals surface area contributed by atoms with Crippen LogP contribution < -0.4 is 14.9 Å². The predicted molar refractivity (Wildman–Crippen MR) is 140 cm³/mol. The summed E-state index contributed by atoms with van der Waals surface area (Å²) in [6, 6.07) is 23.5. The van der Waals surface area contributed by atoms with Gasteiger partial charge in [-0.1, -0.05) is 42.5 Å². The van der Waals surface area contributed by atoms with Gasteiger partial charge in [-0.3, -0.25) is 4.72 Å². The first-order valence-electron chi connectivity index (χ1n) is 12.0. The molecule has 0 fully saturated rings. The first kappa shape index (κ1) is 22.5. The first-order chi connectivity index (χ1) is 16.5. The monoisotopic (exact) mass is 473 g/mol. The molecule has 0 radical (unpaired) electrons. The molecule has 0 amide bonds. The van der Waals surface area contributed by atoms with Gasteiger partial charge in [-0.25, -0.2) is 8.42 Å². The lowest BCUT2D eigenvalue weighted by molar-refractivity contribution is 0.425. The molecule has 176 valence electrons. The lowest BCUT2D eigenvalue weighted by Gasteiger charge is -2.38. The second-order valence-electron chi connectivity index (χ2n) is 8.96. The largest absolute Gasteiger partial charge is 0.378 e. The molecule has 0 bridgehead atoms. The Balaban J connectivity index is 1.44. The summed E-state index contributed by atoms with van der Waals surface area (Å²) in [5, 5.41) is 3.72. The molecule has 1 aliphatic heterocycles. The molecule has 3 aromatic rings. The van der Waals surface area contributed by atoms with Crippen molar-refractivity contribution in [1.29, 1.82) is 0 Å². The van der Waals surface area contributed by atoms with Crippen molar-refractivity contribution < 1.29 is 8.42 Å². The predicted octanol–water partition coefficient (Wildman–Crippen LogP) is 6.16. The van der Waals surface area contributed by atoms with Crippen LogP contribution in [0.4, 0.5) is 17.1 Å². The molecule has 0 spiro atoms. The molecule has 1 heterocycles. The molecule has 5 nitrogen and oxygen atoms in total. The Labute approximate surface area is 202 Å². The topological polar surface area (TPSA) is 61.4 Å². The van der Waals surface area contributed by atoms with E-state index in [1.165, 1.54) is 11.3 Å². The lowest BCUT2D eigenvalue weighted by atomic mass is 9.77. The Bertz CT molecular complexity index is 1280. The number of fused-ring (bicyclic) bond motifs is 3. The van der Waals surface area contributed by atoms with Gasteiger partial charge >= 0.3 is 0 Å². The summed E-state index contributed by atoms with van der Waals surface area (Å²) in [6.45, 7) is 6.33. The van der Waals surface area contributed by atoms with Gasteiger partial charge in [-0.15, -0.1) is 0 Å². The molecule has 3 unspecified atom stereocenters. The van der Waals surface area contributed by atoms with Gasteiger partial charge in [0.05, 0.1) is 10.9 Å². The van der Waals surface area contributed by atoms with Crippen LogP contribution in [0.3, 0.4) is 0 Å². The van der Waals surface area contributed by atoms with Gasteiger partial charge in [0.1, 0.15) is 0 Å². The number of nitrogens with zero attached hydrogens (tertiary/aromatic N) is 1. The quantitative estimate of drug-likeness (QED) is 0.404. The van der Waals surface area contributed by atoms with Crippen LogP contribution >= 0.6 is 0 Å². The van der Waals surface area contributed by atoms with Crippen molar-refractivity contribution in [3.8, 4) is 0 Å². The fourth-order valence-corrected chi connectivity index (χ4v) is 6.36. The molecule has 1 aliphatic carbocycles. The summed E-state index contributed by atoms with van der Waals surface area (Å²) in [6.07, 6.45) is 5.44. The molecule has 2 N–H and O–H groups in total. The van der Waals surface area contributed by atoms with Crippen molar-refractivity contribution in [3.63, 3.8) is 0 Å². The highest BCUT2D eigenvalue weighted by molar-refractivity contribution is 7.92. The molecule has 3 aromatic carbocycles. The molecule has 6 heteroatoms. The average molecular weight is 474 g/mol. The maximum Gasteiger partial charge on any atom is 0.261 e. The molecule has 3 atom stereocenters. The van der Waals surface area contributed by atoms with Gasteiger partial charge < -0.3 is 10.2 Å². The zero-order chi connectivity index (χ0) is 23.7. The number of sulfonamides is 1. The minimum Gasteiger partial charge on any atom is -0.378 e. The number of hydrogen-bond acceptors (Lipinski definition) is 4. The fourth-order valence-electron chi connectivity index (χ4n) is 5.27. The first-order valence-corrected chi connectivity index (χ1v) is 13.5. The van der Waals surface area contributed by atoms with E-state index in [4.69, 9.17) is 0 Å². The third kappa shape index (κ3) is 4.18. The van der Waals surface area contributed by atoms with Crippen molar-refractivity contribution in [2.45, 2.75) is 37.1 Å². The second-order valence-corrected chi connectivity index (χ2v) is 10.6. The second kappa shape index (κ2) is 9.18.